The summed E-state index contributed by atoms with van der Waals surface area (Å²) in [5, 5.41) is 2.70. The van der Waals surface area contributed by atoms with Crippen LogP contribution in [0.15, 0.2) is 48.5 Å². The van der Waals surface area contributed by atoms with Crippen LogP contribution in [0, 0.1) is 0 Å². The van der Waals surface area contributed by atoms with E-state index in [0.29, 0.717) is 17.8 Å². The maximum atomic E-state index is 12.6. The van der Waals surface area contributed by atoms with E-state index in [2.05, 4.69) is 34.5 Å². The first-order chi connectivity index (χ1) is 13.0. The Labute approximate surface area is 159 Å². The number of anilines is 2. The molecule has 2 aromatic rings. The monoisotopic (exact) mass is 367 g/mol. The molecule has 6 heteroatoms. The summed E-state index contributed by atoms with van der Waals surface area (Å²) in [6.07, 6.45) is 0. The van der Waals surface area contributed by atoms with Crippen LogP contribution in [0.2, 0.25) is 0 Å². The van der Waals surface area contributed by atoms with Gasteiger partial charge in [0.15, 0.2) is 0 Å². The average Bonchev–Trinajstić information content (AvgIpc) is 2.69. The molecule has 0 aromatic heterocycles. The smallest absolute Gasteiger partial charge is 0.253 e. The van der Waals surface area contributed by atoms with Crippen molar-refractivity contribution in [2.45, 2.75) is 13.5 Å². The molecule has 3 rings (SSSR count). The van der Waals surface area contributed by atoms with E-state index < -0.39 is 0 Å². The zero-order valence-corrected chi connectivity index (χ0v) is 15.8. The Kier molecular flexibility index (Phi) is 6.08. The van der Waals surface area contributed by atoms with Crippen LogP contribution in [0.3, 0.4) is 0 Å². The molecule has 1 heterocycles. The fourth-order valence-electron chi connectivity index (χ4n) is 3.10. The number of amides is 2. The molecule has 0 atom stereocenters. The molecule has 2 aromatic carbocycles. The van der Waals surface area contributed by atoms with Crippen LogP contribution in [0.4, 0.5) is 11.4 Å². The van der Waals surface area contributed by atoms with E-state index in [1.807, 2.05) is 0 Å². The van der Waals surface area contributed by atoms with E-state index >= 15 is 0 Å². The van der Waals surface area contributed by atoms with Crippen LogP contribution in [0.1, 0.15) is 22.8 Å². The molecule has 0 saturated carbocycles. The van der Waals surface area contributed by atoms with Gasteiger partial charge in [-0.2, -0.15) is 0 Å². The summed E-state index contributed by atoms with van der Waals surface area (Å²) < 4.78 is 5.39. The van der Waals surface area contributed by atoms with E-state index in [1.54, 1.807) is 36.2 Å². The first-order valence-electron chi connectivity index (χ1n) is 9.07. The minimum Gasteiger partial charge on any atom is -0.378 e. The number of hydrogen-bond donors (Lipinski definition) is 1. The van der Waals surface area contributed by atoms with Crippen molar-refractivity contribution in [2.24, 2.45) is 0 Å². The molecular formula is C21H25N3O3. The minimum atomic E-state index is -0.133. The van der Waals surface area contributed by atoms with Gasteiger partial charge in [-0.3, -0.25) is 9.59 Å². The first-order valence-corrected chi connectivity index (χ1v) is 9.07. The highest BCUT2D eigenvalue weighted by Gasteiger charge is 2.14. The van der Waals surface area contributed by atoms with Crippen molar-refractivity contribution in [3.63, 3.8) is 0 Å². The second-order valence-electron chi connectivity index (χ2n) is 6.69. The van der Waals surface area contributed by atoms with Crippen LogP contribution in [-0.4, -0.2) is 50.1 Å². The van der Waals surface area contributed by atoms with Gasteiger partial charge in [0, 0.05) is 50.5 Å². The Morgan fingerprint density at radius 3 is 2.26 bits per heavy atom. The standard InChI is InChI=1S/C21H25N3O3/c1-16(25)22-19-7-5-18(6-8-19)21(26)23(2)15-17-3-9-20(10-4-17)24-11-13-27-14-12-24/h3-10H,11-15H2,1-2H3,(H,22,25). The molecule has 1 fully saturated rings. The van der Waals surface area contributed by atoms with Crippen molar-refractivity contribution in [1.82, 2.24) is 4.90 Å². The van der Waals surface area contributed by atoms with Gasteiger partial charge in [-0.1, -0.05) is 12.1 Å². The summed E-state index contributed by atoms with van der Waals surface area (Å²) in [5.41, 5.74) is 3.54. The van der Waals surface area contributed by atoms with Crippen LogP contribution in [0.5, 0.6) is 0 Å². The summed E-state index contributed by atoms with van der Waals surface area (Å²) >= 11 is 0. The number of carbonyl (C=O) groups is 2. The molecule has 27 heavy (non-hydrogen) atoms. The number of nitrogens with one attached hydrogen (secondary N) is 1. The largest absolute Gasteiger partial charge is 0.378 e. The number of benzene rings is 2. The van der Waals surface area contributed by atoms with Gasteiger partial charge in [-0.25, -0.2) is 0 Å². The Balaban J connectivity index is 1.59. The molecule has 0 spiro atoms. The van der Waals surface area contributed by atoms with Crippen molar-refractivity contribution >= 4 is 23.2 Å². The SMILES string of the molecule is CC(=O)Nc1ccc(C(=O)N(C)Cc2ccc(N3CCOCC3)cc2)cc1. The molecule has 0 unspecified atom stereocenters. The molecule has 2 amide bonds. The second kappa shape index (κ2) is 8.68. The Hall–Kier alpha value is -2.86. The molecule has 6 nitrogen and oxygen atoms in total. The zero-order valence-electron chi connectivity index (χ0n) is 15.8. The highest BCUT2D eigenvalue weighted by molar-refractivity contribution is 5.95. The van der Waals surface area contributed by atoms with Crippen LogP contribution >= 0.6 is 0 Å². The van der Waals surface area contributed by atoms with Gasteiger partial charge in [0.25, 0.3) is 5.91 Å². The molecule has 1 aliphatic heterocycles. The molecule has 1 saturated heterocycles. The van der Waals surface area contributed by atoms with Crippen molar-refractivity contribution in [1.29, 1.82) is 0 Å². The summed E-state index contributed by atoms with van der Waals surface area (Å²) in [4.78, 5) is 27.7. The maximum Gasteiger partial charge on any atom is 0.253 e. The summed E-state index contributed by atoms with van der Waals surface area (Å²) in [5.74, 6) is -0.187. The molecule has 1 aliphatic rings. The predicted octanol–water partition coefficient (Wildman–Crippen LogP) is 2.75. The molecule has 0 aliphatic carbocycles. The van der Waals surface area contributed by atoms with Gasteiger partial charge in [0.05, 0.1) is 13.2 Å². The third-order valence-electron chi connectivity index (χ3n) is 4.53. The quantitative estimate of drug-likeness (QED) is 0.883. The highest BCUT2D eigenvalue weighted by Crippen LogP contribution is 2.18. The second-order valence-corrected chi connectivity index (χ2v) is 6.69. The van der Waals surface area contributed by atoms with Crippen molar-refractivity contribution < 1.29 is 14.3 Å². The molecular weight excluding hydrogens is 342 g/mol. The fourth-order valence-corrected chi connectivity index (χ4v) is 3.10. The third kappa shape index (κ3) is 5.08. The Morgan fingerprint density at radius 2 is 1.67 bits per heavy atom. The lowest BCUT2D eigenvalue weighted by Crippen LogP contribution is -2.36. The lowest BCUT2D eigenvalue weighted by Gasteiger charge is -2.29. The number of carbonyl (C=O) groups excluding carboxylic acids is 2. The van der Waals surface area contributed by atoms with Gasteiger partial charge < -0.3 is 19.9 Å². The Morgan fingerprint density at radius 1 is 1.04 bits per heavy atom. The molecule has 142 valence electrons. The topological polar surface area (TPSA) is 61.9 Å². The number of nitrogens with zero attached hydrogens (tertiary/aromatic N) is 2. The molecule has 1 N–H and O–H groups in total. The molecule has 0 radical (unpaired) electrons. The van der Waals surface area contributed by atoms with E-state index in [9.17, 15) is 9.59 Å². The van der Waals surface area contributed by atoms with Crippen LogP contribution in [-0.2, 0) is 16.1 Å². The number of ether oxygens (including phenoxy) is 1. The van der Waals surface area contributed by atoms with E-state index in [4.69, 9.17) is 4.74 Å². The lowest BCUT2D eigenvalue weighted by atomic mass is 10.1. The summed E-state index contributed by atoms with van der Waals surface area (Å²) in [6, 6.07) is 15.3. The highest BCUT2D eigenvalue weighted by atomic mass is 16.5. The number of hydrogen-bond acceptors (Lipinski definition) is 4. The van der Waals surface area contributed by atoms with Crippen LogP contribution in [0.25, 0.3) is 0 Å². The average molecular weight is 367 g/mol. The van der Waals surface area contributed by atoms with Gasteiger partial charge in [-0.15, -0.1) is 0 Å². The van der Waals surface area contributed by atoms with Crippen molar-refractivity contribution in [3.8, 4) is 0 Å². The molecule has 0 bridgehead atoms. The van der Waals surface area contributed by atoms with Crippen LogP contribution < -0.4 is 10.2 Å². The van der Waals surface area contributed by atoms with Gasteiger partial charge >= 0.3 is 0 Å². The zero-order chi connectivity index (χ0) is 19.2. The lowest BCUT2D eigenvalue weighted by molar-refractivity contribution is -0.114. The van der Waals surface area contributed by atoms with Gasteiger partial charge in [0.2, 0.25) is 5.91 Å². The Bertz CT molecular complexity index is 781. The van der Waals surface area contributed by atoms with Crippen molar-refractivity contribution in [2.75, 3.05) is 43.6 Å². The predicted molar refractivity (Wildman–Crippen MR) is 106 cm³/mol. The first kappa shape index (κ1) is 18.9. The van der Waals surface area contributed by atoms with E-state index in [-0.39, 0.29) is 11.8 Å². The fraction of sp³-hybridized carbons (Fsp3) is 0.333. The van der Waals surface area contributed by atoms with Gasteiger partial charge in [-0.05, 0) is 42.0 Å². The van der Waals surface area contributed by atoms with E-state index in [0.717, 1.165) is 31.9 Å². The van der Waals surface area contributed by atoms with Crippen molar-refractivity contribution in [3.05, 3.63) is 59.7 Å². The summed E-state index contributed by atoms with van der Waals surface area (Å²) in [6.45, 7) is 5.34. The minimum absolute atomic E-state index is 0.0540. The summed E-state index contributed by atoms with van der Waals surface area (Å²) in [7, 11) is 1.79. The third-order valence-corrected chi connectivity index (χ3v) is 4.53. The van der Waals surface area contributed by atoms with Gasteiger partial charge in [0.1, 0.15) is 0 Å². The maximum absolute atomic E-state index is 12.6. The normalized spacial score (nSPS) is 13.9. The number of rotatable bonds is 5. The number of morpholine rings is 1. The van der Waals surface area contributed by atoms with E-state index in [1.165, 1.54) is 12.6 Å².